The molecule has 2 amide bonds. The number of hydrogen-bond acceptors (Lipinski definition) is 5. The Hall–Kier alpha value is -2.61. The van der Waals surface area contributed by atoms with Crippen molar-refractivity contribution in [3.8, 4) is 0 Å². The van der Waals surface area contributed by atoms with Gasteiger partial charge in [0.2, 0.25) is 0 Å². The molecular weight excluding hydrogens is 348 g/mol. The van der Waals surface area contributed by atoms with Gasteiger partial charge in [-0.1, -0.05) is 0 Å². The molecule has 2 aromatic rings. The molecule has 1 unspecified atom stereocenters. The third kappa shape index (κ3) is 3.90. The first kappa shape index (κ1) is 17.8. The number of nitrogens with zero attached hydrogens (tertiary/aromatic N) is 2. The highest BCUT2D eigenvalue weighted by molar-refractivity contribution is 5.97. The molecule has 0 radical (unpaired) electrons. The standard InChI is InChI=1S/C19H24N4O4/c24-18(20-11-13-5-3-9-26-13)16-15-7-1-2-8-23(15)17(22-16)19(25)21-12-14-6-4-10-27-14/h4,6,10,13H,1-3,5,7-9,11-12H2,(H,20,24)(H,21,25). The molecule has 0 saturated carbocycles. The largest absolute Gasteiger partial charge is 0.467 e. The lowest BCUT2D eigenvalue weighted by Crippen LogP contribution is -2.32. The second-order valence-electron chi connectivity index (χ2n) is 6.95. The quantitative estimate of drug-likeness (QED) is 0.803. The maximum atomic E-state index is 12.7. The number of furan rings is 1. The normalized spacial score (nSPS) is 18.9. The van der Waals surface area contributed by atoms with E-state index in [1.807, 2.05) is 4.57 Å². The van der Waals surface area contributed by atoms with Gasteiger partial charge in [0.05, 0.1) is 24.6 Å². The van der Waals surface area contributed by atoms with E-state index in [0.29, 0.717) is 30.4 Å². The highest BCUT2D eigenvalue weighted by Gasteiger charge is 2.28. The van der Waals surface area contributed by atoms with Crippen LogP contribution >= 0.6 is 0 Å². The van der Waals surface area contributed by atoms with Crippen molar-refractivity contribution in [2.75, 3.05) is 13.2 Å². The van der Waals surface area contributed by atoms with Crippen molar-refractivity contribution >= 4 is 11.8 Å². The van der Waals surface area contributed by atoms with Gasteiger partial charge in [0.25, 0.3) is 11.8 Å². The van der Waals surface area contributed by atoms with Crippen LogP contribution in [0.5, 0.6) is 0 Å². The number of carbonyl (C=O) groups is 2. The molecule has 0 spiro atoms. The Bertz CT molecular complexity index is 806. The first-order chi connectivity index (χ1) is 13.2. The molecule has 4 heterocycles. The number of carbonyl (C=O) groups excluding carboxylic acids is 2. The van der Waals surface area contributed by atoms with Gasteiger partial charge in [-0.3, -0.25) is 9.59 Å². The third-order valence-electron chi connectivity index (χ3n) is 5.05. The molecule has 0 aliphatic carbocycles. The molecule has 8 nitrogen and oxygen atoms in total. The highest BCUT2D eigenvalue weighted by atomic mass is 16.5. The first-order valence-electron chi connectivity index (χ1n) is 9.52. The van der Waals surface area contributed by atoms with Crippen LogP contribution in [0.3, 0.4) is 0 Å². The molecular formula is C19H24N4O4. The molecule has 8 heteroatoms. The zero-order chi connectivity index (χ0) is 18.6. The van der Waals surface area contributed by atoms with E-state index in [2.05, 4.69) is 15.6 Å². The highest BCUT2D eigenvalue weighted by Crippen LogP contribution is 2.21. The van der Waals surface area contributed by atoms with Crippen molar-refractivity contribution in [3.63, 3.8) is 0 Å². The molecule has 4 rings (SSSR count). The summed E-state index contributed by atoms with van der Waals surface area (Å²) in [4.78, 5) is 29.7. The minimum Gasteiger partial charge on any atom is -0.467 e. The molecule has 144 valence electrons. The Morgan fingerprint density at radius 1 is 1.22 bits per heavy atom. The first-order valence-corrected chi connectivity index (χ1v) is 9.52. The van der Waals surface area contributed by atoms with Crippen molar-refractivity contribution < 1.29 is 18.7 Å². The van der Waals surface area contributed by atoms with Crippen LogP contribution in [0, 0.1) is 0 Å². The molecule has 1 atom stereocenters. The Morgan fingerprint density at radius 2 is 2.15 bits per heavy atom. The van der Waals surface area contributed by atoms with Crippen LogP contribution in [0.15, 0.2) is 22.8 Å². The van der Waals surface area contributed by atoms with E-state index in [0.717, 1.165) is 44.4 Å². The number of rotatable bonds is 6. The second-order valence-corrected chi connectivity index (χ2v) is 6.95. The number of nitrogens with one attached hydrogen (secondary N) is 2. The predicted molar refractivity (Wildman–Crippen MR) is 96.4 cm³/mol. The third-order valence-corrected chi connectivity index (χ3v) is 5.05. The van der Waals surface area contributed by atoms with Crippen LogP contribution < -0.4 is 10.6 Å². The summed E-state index contributed by atoms with van der Waals surface area (Å²) in [6, 6.07) is 3.57. The Kier molecular flexibility index (Phi) is 5.24. The smallest absolute Gasteiger partial charge is 0.287 e. The lowest BCUT2D eigenvalue weighted by atomic mass is 10.1. The molecule has 1 fully saturated rings. The fraction of sp³-hybridized carbons (Fsp3) is 0.526. The SMILES string of the molecule is O=C(NCC1CCCO1)c1nc(C(=O)NCc2ccco2)n2c1CCCC2. The lowest BCUT2D eigenvalue weighted by Gasteiger charge is -2.17. The topological polar surface area (TPSA) is 98.4 Å². The van der Waals surface area contributed by atoms with E-state index in [9.17, 15) is 9.59 Å². The van der Waals surface area contributed by atoms with Crippen LogP contribution in [0.25, 0.3) is 0 Å². The van der Waals surface area contributed by atoms with E-state index in [1.165, 1.54) is 0 Å². The Balaban J connectivity index is 1.48. The van der Waals surface area contributed by atoms with Gasteiger partial charge in [-0.05, 0) is 44.2 Å². The summed E-state index contributed by atoms with van der Waals surface area (Å²) in [5, 5.41) is 5.72. The second kappa shape index (κ2) is 7.96. The van der Waals surface area contributed by atoms with Crippen molar-refractivity contribution in [2.45, 2.75) is 51.3 Å². The summed E-state index contributed by atoms with van der Waals surface area (Å²) in [5.41, 5.74) is 1.20. The number of aromatic nitrogens is 2. The van der Waals surface area contributed by atoms with E-state index in [-0.39, 0.29) is 24.5 Å². The Labute approximate surface area is 157 Å². The minimum absolute atomic E-state index is 0.0726. The van der Waals surface area contributed by atoms with Gasteiger partial charge in [0.1, 0.15) is 11.5 Å². The molecule has 2 aliphatic heterocycles. The van der Waals surface area contributed by atoms with E-state index in [1.54, 1.807) is 18.4 Å². The summed E-state index contributed by atoms with van der Waals surface area (Å²) in [6.07, 6.45) is 6.34. The van der Waals surface area contributed by atoms with Crippen molar-refractivity contribution in [1.82, 2.24) is 20.2 Å². The van der Waals surface area contributed by atoms with Crippen LogP contribution in [0.2, 0.25) is 0 Å². The van der Waals surface area contributed by atoms with Crippen molar-refractivity contribution in [1.29, 1.82) is 0 Å². The van der Waals surface area contributed by atoms with Gasteiger partial charge in [-0.25, -0.2) is 4.98 Å². The summed E-state index contributed by atoms with van der Waals surface area (Å²) in [5.74, 6) is 0.427. The van der Waals surface area contributed by atoms with Gasteiger partial charge in [0.15, 0.2) is 5.82 Å². The van der Waals surface area contributed by atoms with Gasteiger partial charge < -0.3 is 24.4 Å². The van der Waals surface area contributed by atoms with Crippen molar-refractivity contribution in [3.05, 3.63) is 41.4 Å². The average molecular weight is 372 g/mol. The zero-order valence-electron chi connectivity index (χ0n) is 15.2. The van der Waals surface area contributed by atoms with Crippen molar-refractivity contribution in [2.24, 2.45) is 0 Å². The lowest BCUT2D eigenvalue weighted by molar-refractivity contribution is 0.0853. The van der Waals surface area contributed by atoms with Gasteiger partial charge in [-0.2, -0.15) is 0 Å². The molecule has 27 heavy (non-hydrogen) atoms. The molecule has 2 aliphatic rings. The monoisotopic (exact) mass is 372 g/mol. The summed E-state index contributed by atoms with van der Waals surface area (Å²) in [7, 11) is 0. The minimum atomic E-state index is -0.298. The molecule has 1 saturated heterocycles. The fourth-order valence-corrected chi connectivity index (χ4v) is 3.65. The fourth-order valence-electron chi connectivity index (χ4n) is 3.65. The molecule has 2 N–H and O–H groups in total. The number of imidazole rings is 1. The maximum Gasteiger partial charge on any atom is 0.287 e. The zero-order valence-corrected chi connectivity index (χ0v) is 15.2. The van der Waals surface area contributed by atoms with Gasteiger partial charge >= 0.3 is 0 Å². The number of fused-ring (bicyclic) bond motifs is 1. The summed E-state index contributed by atoms with van der Waals surface area (Å²) in [6.45, 7) is 2.21. The molecule has 0 aromatic carbocycles. The van der Waals surface area contributed by atoms with Crippen LogP contribution in [0.4, 0.5) is 0 Å². The van der Waals surface area contributed by atoms with Crippen LogP contribution in [-0.2, 0) is 24.2 Å². The van der Waals surface area contributed by atoms with Gasteiger partial charge in [-0.15, -0.1) is 0 Å². The molecule has 0 bridgehead atoms. The van der Waals surface area contributed by atoms with E-state index in [4.69, 9.17) is 9.15 Å². The van der Waals surface area contributed by atoms with Crippen LogP contribution in [0.1, 0.15) is 58.2 Å². The van der Waals surface area contributed by atoms with E-state index < -0.39 is 0 Å². The summed E-state index contributed by atoms with van der Waals surface area (Å²) >= 11 is 0. The predicted octanol–water partition coefficient (Wildman–Crippen LogP) is 1.65. The average Bonchev–Trinajstić information content (AvgIpc) is 3.45. The van der Waals surface area contributed by atoms with Gasteiger partial charge in [0, 0.05) is 19.7 Å². The number of amides is 2. The van der Waals surface area contributed by atoms with Crippen LogP contribution in [-0.4, -0.2) is 40.6 Å². The number of ether oxygens (including phenoxy) is 1. The molecule has 2 aromatic heterocycles. The maximum absolute atomic E-state index is 12.7. The summed E-state index contributed by atoms with van der Waals surface area (Å²) < 4.78 is 12.7. The number of hydrogen-bond donors (Lipinski definition) is 2. The van der Waals surface area contributed by atoms with E-state index >= 15 is 0 Å². The Morgan fingerprint density at radius 3 is 2.93 bits per heavy atom.